The molecule has 0 radical (unpaired) electrons. The van der Waals surface area contributed by atoms with E-state index in [4.69, 9.17) is 10.5 Å². The van der Waals surface area contributed by atoms with Gasteiger partial charge in [-0.05, 0) is 11.6 Å². The Bertz CT molecular complexity index is 507. The summed E-state index contributed by atoms with van der Waals surface area (Å²) in [6, 6.07) is 7.57. The lowest BCUT2D eigenvalue weighted by Gasteiger charge is -2.08. The maximum Gasteiger partial charge on any atom is 0.148 e. The fourth-order valence-corrected chi connectivity index (χ4v) is 1.56. The lowest BCUT2D eigenvalue weighted by Crippen LogP contribution is -2.04. The van der Waals surface area contributed by atoms with Crippen molar-refractivity contribution in [3.05, 3.63) is 36.0 Å². The zero-order valence-corrected chi connectivity index (χ0v) is 9.97. The average Bonchev–Trinajstić information content (AvgIpc) is 2.73. The number of aryl methyl sites for hydroxylation is 1. The molecule has 5 heteroatoms. The van der Waals surface area contributed by atoms with Crippen molar-refractivity contribution in [1.29, 1.82) is 0 Å². The molecule has 0 bridgehead atoms. The van der Waals surface area contributed by atoms with Crippen LogP contribution in [0.25, 0.3) is 0 Å². The SMILES string of the molecule is COc1ccc(CNc2ccn(C)n2)c(N)c1. The van der Waals surface area contributed by atoms with Gasteiger partial charge in [-0.25, -0.2) is 0 Å². The number of ether oxygens (including phenoxy) is 1. The van der Waals surface area contributed by atoms with Crippen molar-refractivity contribution in [3.63, 3.8) is 0 Å². The maximum absolute atomic E-state index is 5.92. The normalized spacial score (nSPS) is 10.2. The van der Waals surface area contributed by atoms with Gasteiger partial charge in [0.05, 0.1) is 7.11 Å². The number of methoxy groups -OCH3 is 1. The van der Waals surface area contributed by atoms with Crippen LogP contribution in [0.3, 0.4) is 0 Å². The molecule has 0 aliphatic rings. The van der Waals surface area contributed by atoms with Gasteiger partial charge in [-0.3, -0.25) is 4.68 Å². The number of anilines is 2. The Morgan fingerprint density at radius 2 is 2.24 bits per heavy atom. The average molecular weight is 232 g/mol. The summed E-state index contributed by atoms with van der Waals surface area (Å²) in [6.07, 6.45) is 1.89. The van der Waals surface area contributed by atoms with Crippen LogP contribution >= 0.6 is 0 Å². The highest BCUT2D eigenvalue weighted by molar-refractivity contribution is 5.52. The summed E-state index contributed by atoms with van der Waals surface area (Å²) in [5.74, 6) is 1.60. The molecule has 0 aliphatic heterocycles. The molecular weight excluding hydrogens is 216 g/mol. The van der Waals surface area contributed by atoms with Crippen molar-refractivity contribution < 1.29 is 4.74 Å². The standard InChI is InChI=1S/C12H16N4O/c1-16-6-5-12(15-16)14-8-9-3-4-10(17-2)7-11(9)13/h3-7H,8,13H2,1-2H3,(H,14,15). The van der Waals surface area contributed by atoms with E-state index in [1.165, 1.54) is 0 Å². The highest BCUT2D eigenvalue weighted by Crippen LogP contribution is 2.20. The Morgan fingerprint density at radius 3 is 2.82 bits per heavy atom. The lowest BCUT2D eigenvalue weighted by molar-refractivity contribution is 0.415. The van der Waals surface area contributed by atoms with Crippen LogP contribution < -0.4 is 15.8 Å². The maximum atomic E-state index is 5.92. The van der Waals surface area contributed by atoms with Crippen LogP contribution in [0.4, 0.5) is 11.5 Å². The van der Waals surface area contributed by atoms with Gasteiger partial charge >= 0.3 is 0 Å². The smallest absolute Gasteiger partial charge is 0.148 e. The molecule has 0 spiro atoms. The number of hydrogen-bond donors (Lipinski definition) is 2. The predicted octanol–water partition coefficient (Wildman–Crippen LogP) is 1.62. The third kappa shape index (κ3) is 2.69. The number of nitrogens with one attached hydrogen (secondary N) is 1. The topological polar surface area (TPSA) is 65.1 Å². The Labute approximate surface area is 100 Å². The van der Waals surface area contributed by atoms with E-state index in [-0.39, 0.29) is 0 Å². The molecule has 0 saturated heterocycles. The van der Waals surface area contributed by atoms with E-state index in [0.717, 1.165) is 17.1 Å². The minimum atomic E-state index is 0.646. The van der Waals surface area contributed by atoms with E-state index >= 15 is 0 Å². The van der Waals surface area contributed by atoms with Gasteiger partial charge in [-0.1, -0.05) is 6.07 Å². The van der Waals surface area contributed by atoms with E-state index in [1.54, 1.807) is 11.8 Å². The van der Waals surface area contributed by atoms with Gasteiger partial charge in [0.25, 0.3) is 0 Å². The van der Waals surface area contributed by atoms with Gasteiger partial charge in [0.2, 0.25) is 0 Å². The minimum Gasteiger partial charge on any atom is -0.497 e. The molecule has 0 unspecified atom stereocenters. The molecule has 0 aliphatic carbocycles. The number of benzene rings is 1. The van der Waals surface area contributed by atoms with E-state index < -0.39 is 0 Å². The Morgan fingerprint density at radius 1 is 1.41 bits per heavy atom. The number of nitrogens with zero attached hydrogens (tertiary/aromatic N) is 2. The molecule has 0 atom stereocenters. The molecule has 1 aromatic heterocycles. The van der Waals surface area contributed by atoms with E-state index in [9.17, 15) is 0 Å². The van der Waals surface area contributed by atoms with Crippen LogP contribution in [0, 0.1) is 0 Å². The monoisotopic (exact) mass is 232 g/mol. The first-order chi connectivity index (χ1) is 8.19. The van der Waals surface area contributed by atoms with Crippen LogP contribution in [-0.4, -0.2) is 16.9 Å². The van der Waals surface area contributed by atoms with Crippen LogP contribution in [0.15, 0.2) is 30.5 Å². The molecule has 5 nitrogen and oxygen atoms in total. The van der Waals surface area contributed by atoms with Gasteiger partial charge in [0, 0.05) is 37.6 Å². The van der Waals surface area contributed by atoms with Gasteiger partial charge in [-0.15, -0.1) is 0 Å². The lowest BCUT2D eigenvalue weighted by atomic mass is 10.1. The van der Waals surface area contributed by atoms with Crippen molar-refractivity contribution in [3.8, 4) is 5.75 Å². The Kier molecular flexibility index (Phi) is 3.18. The van der Waals surface area contributed by atoms with E-state index in [2.05, 4.69) is 10.4 Å². The Balaban J connectivity index is 2.04. The summed E-state index contributed by atoms with van der Waals surface area (Å²) in [4.78, 5) is 0. The van der Waals surface area contributed by atoms with Gasteiger partial charge in [-0.2, -0.15) is 5.10 Å². The van der Waals surface area contributed by atoms with Crippen molar-refractivity contribution in [2.24, 2.45) is 7.05 Å². The van der Waals surface area contributed by atoms with Crippen molar-refractivity contribution in [1.82, 2.24) is 9.78 Å². The van der Waals surface area contributed by atoms with E-state index in [1.807, 2.05) is 37.5 Å². The molecular formula is C12H16N4O. The number of hydrogen-bond acceptors (Lipinski definition) is 4. The molecule has 1 heterocycles. The molecule has 3 N–H and O–H groups in total. The molecule has 1 aromatic carbocycles. The van der Waals surface area contributed by atoms with E-state index in [0.29, 0.717) is 12.2 Å². The van der Waals surface area contributed by atoms with Crippen LogP contribution in [0.2, 0.25) is 0 Å². The molecule has 90 valence electrons. The molecule has 2 aromatic rings. The fourth-order valence-electron chi connectivity index (χ4n) is 1.56. The van der Waals surface area contributed by atoms with Crippen LogP contribution in [0.5, 0.6) is 5.75 Å². The van der Waals surface area contributed by atoms with Crippen molar-refractivity contribution in [2.75, 3.05) is 18.2 Å². The minimum absolute atomic E-state index is 0.646. The molecule has 0 amide bonds. The van der Waals surface area contributed by atoms with Crippen molar-refractivity contribution in [2.45, 2.75) is 6.54 Å². The second-order valence-corrected chi connectivity index (χ2v) is 3.79. The first kappa shape index (κ1) is 11.3. The summed E-state index contributed by atoms with van der Waals surface area (Å²) in [6.45, 7) is 0.646. The number of nitrogens with two attached hydrogens (primary N) is 1. The third-order valence-electron chi connectivity index (χ3n) is 2.53. The second-order valence-electron chi connectivity index (χ2n) is 3.79. The summed E-state index contributed by atoms with van der Waals surface area (Å²) >= 11 is 0. The number of nitrogen functional groups attached to an aromatic ring is 1. The van der Waals surface area contributed by atoms with Gasteiger partial charge in [0.15, 0.2) is 0 Å². The number of rotatable bonds is 4. The quantitative estimate of drug-likeness (QED) is 0.786. The summed E-state index contributed by atoms with van der Waals surface area (Å²) < 4.78 is 6.85. The second kappa shape index (κ2) is 4.78. The molecule has 2 rings (SSSR count). The van der Waals surface area contributed by atoms with Gasteiger partial charge in [0.1, 0.15) is 11.6 Å². The highest BCUT2D eigenvalue weighted by Gasteiger charge is 2.02. The molecule has 0 fully saturated rings. The zero-order chi connectivity index (χ0) is 12.3. The molecule has 17 heavy (non-hydrogen) atoms. The van der Waals surface area contributed by atoms with Crippen molar-refractivity contribution >= 4 is 11.5 Å². The zero-order valence-electron chi connectivity index (χ0n) is 9.97. The largest absolute Gasteiger partial charge is 0.497 e. The van der Waals surface area contributed by atoms with Crippen LogP contribution in [-0.2, 0) is 13.6 Å². The fraction of sp³-hybridized carbons (Fsp3) is 0.250. The summed E-state index contributed by atoms with van der Waals surface area (Å²) in [7, 11) is 3.51. The Hall–Kier alpha value is -2.17. The molecule has 0 saturated carbocycles. The number of aromatic nitrogens is 2. The summed E-state index contributed by atoms with van der Waals surface area (Å²) in [5, 5.41) is 7.44. The highest BCUT2D eigenvalue weighted by atomic mass is 16.5. The summed E-state index contributed by atoms with van der Waals surface area (Å²) in [5.41, 5.74) is 7.66. The third-order valence-corrected chi connectivity index (χ3v) is 2.53. The van der Waals surface area contributed by atoms with Crippen LogP contribution in [0.1, 0.15) is 5.56 Å². The first-order valence-electron chi connectivity index (χ1n) is 5.35. The predicted molar refractivity (Wildman–Crippen MR) is 67.9 cm³/mol. The van der Waals surface area contributed by atoms with Gasteiger partial charge < -0.3 is 15.8 Å². The first-order valence-corrected chi connectivity index (χ1v) is 5.35.